The van der Waals surface area contributed by atoms with Gasteiger partial charge >= 0.3 is 7.82 Å². The molecule has 0 unspecified atom stereocenters. The molecular formula is C14H14N3O11PS2. The Morgan fingerprint density at radius 3 is 2.42 bits per heavy atom. The van der Waals surface area contributed by atoms with Crippen LogP contribution in [0.2, 0.25) is 0 Å². The number of nitrogens with zero attached hydrogens (tertiary/aromatic N) is 3. The number of thiol groups is 1. The van der Waals surface area contributed by atoms with Crippen LogP contribution in [0.25, 0.3) is 0 Å². The predicted octanol–water partition coefficient (Wildman–Crippen LogP) is 1.15. The number of hydrogen-bond donors (Lipinski definition) is 5. The molecule has 0 aliphatic heterocycles. The van der Waals surface area contributed by atoms with Gasteiger partial charge in [0.05, 0.1) is 27.7 Å². The molecule has 0 fully saturated rings. The Labute approximate surface area is 176 Å². The summed E-state index contributed by atoms with van der Waals surface area (Å²) in [6.45, 7) is 0.383. The summed E-state index contributed by atoms with van der Waals surface area (Å²) in [5, 5.41) is 17.2. The molecule has 17 heteroatoms. The molecule has 0 bridgehead atoms. The number of phosphoric acid groups is 1. The van der Waals surface area contributed by atoms with Crippen molar-refractivity contribution in [3.8, 4) is 5.75 Å². The lowest BCUT2D eigenvalue weighted by molar-refractivity contribution is 0.111. The Bertz CT molecular complexity index is 1290. The number of aryl methyl sites for hydroxylation is 1. The van der Waals surface area contributed by atoms with Crippen LogP contribution in [-0.4, -0.2) is 47.6 Å². The summed E-state index contributed by atoms with van der Waals surface area (Å²) in [5.41, 5.74) is -1.27. The van der Waals surface area contributed by atoms with Crippen molar-refractivity contribution in [2.24, 2.45) is 10.2 Å². The average Bonchev–Trinajstić information content (AvgIpc) is 2.65. The Morgan fingerprint density at radius 2 is 1.90 bits per heavy atom. The first-order chi connectivity index (χ1) is 14.2. The predicted molar refractivity (Wildman–Crippen MR) is 102 cm³/mol. The Morgan fingerprint density at radius 1 is 1.26 bits per heavy atom. The minimum Gasteiger partial charge on any atom is -0.505 e. The van der Waals surface area contributed by atoms with Gasteiger partial charge in [-0.3, -0.25) is 13.9 Å². The van der Waals surface area contributed by atoms with Gasteiger partial charge in [0.2, 0.25) is 0 Å². The van der Waals surface area contributed by atoms with Crippen molar-refractivity contribution in [1.82, 2.24) is 4.98 Å². The Balaban J connectivity index is 2.63. The van der Waals surface area contributed by atoms with Crippen LogP contribution in [-0.2, 0) is 36.5 Å². The highest BCUT2D eigenvalue weighted by Gasteiger charge is 2.22. The first-order valence-electron chi connectivity index (χ1n) is 7.80. The first-order valence-corrected chi connectivity index (χ1v) is 11.9. The van der Waals surface area contributed by atoms with E-state index in [1.807, 2.05) is 0 Å². The lowest BCUT2D eigenvalue weighted by atomic mass is 10.1. The zero-order valence-corrected chi connectivity index (χ0v) is 17.9. The number of azo groups is 1. The third-order valence-electron chi connectivity index (χ3n) is 3.66. The number of aromatic nitrogens is 1. The number of pyridine rings is 1. The van der Waals surface area contributed by atoms with Crippen LogP contribution in [0, 0.1) is 6.92 Å². The molecule has 0 saturated carbocycles. The fourth-order valence-corrected chi connectivity index (χ4v) is 3.68. The largest absolute Gasteiger partial charge is 0.505 e. The van der Waals surface area contributed by atoms with Gasteiger partial charge in [-0.25, -0.2) is 18.0 Å². The second-order valence-corrected chi connectivity index (χ2v) is 9.38. The number of carbonyl (C=O) groups is 1. The highest BCUT2D eigenvalue weighted by Crippen LogP contribution is 2.40. The molecule has 31 heavy (non-hydrogen) atoms. The molecule has 0 saturated heterocycles. The maximum absolute atomic E-state index is 11.4. The van der Waals surface area contributed by atoms with Gasteiger partial charge in [0.1, 0.15) is 11.4 Å². The van der Waals surface area contributed by atoms with Crippen LogP contribution in [0.5, 0.6) is 5.75 Å². The maximum atomic E-state index is 11.4. The summed E-state index contributed by atoms with van der Waals surface area (Å²) in [6.07, 6.45) is 0.169. The van der Waals surface area contributed by atoms with E-state index in [1.165, 1.54) is 6.92 Å². The van der Waals surface area contributed by atoms with E-state index in [2.05, 4.69) is 19.7 Å². The molecule has 2 aromatic rings. The summed E-state index contributed by atoms with van der Waals surface area (Å²) < 4.78 is 69.6. The molecule has 0 atom stereocenters. The van der Waals surface area contributed by atoms with Crippen LogP contribution < -0.4 is 0 Å². The van der Waals surface area contributed by atoms with Crippen molar-refractivity contribution in [2.75, 3.05) is 0 Å². The molecule has 4 N–H and O–H groups in total. The minimum absolute atomic E-state index is 0.104. The van der Waals surface area contributed by atoms with Gasteiger partial charge in [-0.15, -0.1) is 10.2 Å². The smallest absolute Gasteiger partial charge is 0.469 e. The Kier molecular flexibility index (Phi) is 7.38. The van der Waals surface area contributed by atoms with Crippen LogP contribution in [0.1, 0.15) is 21.6 Å². The zero-order chi connectivity index (χ0) is 23.6. The standard InChI is InChI=1S/C14H14N3O11PS2/c1-7-13(19)9(5-18)10(6-28-29(20,21)22)14(15-7)17-16-11-3-2-8(31(25,26)27)4-12(11)30(23)24/h2-5,19,30H,6H2,1H3,(H2,20,21,22)(H,25,26,27)/b17-16+. The highest BCUT2D eigenvalue weighted by molar-refractivity contribution is 7.85. The summed E-state index contributed by atoms with van der Waals surface area (Å²) in [6, 6.07) is 2.42. The number of aldehydes is 1. The van der Waals surface area contributed by atoms with Gasteiger partial charge in [0.15, 0.2) is 22.8 Å². The van der Waals surface area contributed by atoms with E-state index in [0.717, 1.165) is 12.1 Å². The van der Waals surface area contributed by atoms with E-state index in [1.54, 1.807) is 0 Å². The average molecular weight is 495 g/mol. The monoisotopic (exact) mass is 495 g/mol. The molecule has 0 radical (unpaired) electrons. The molecule has 2 rings (SSSR count). The fourth-order valence-electron chi connectivity index (χ4n) is 2.23. The van der Waals surface area contributed by atoms with E-state index < -0.39 is 62.2 Å². The van der Waals surface area contributed by atoms with Crippen LogP contribution in [0.15, 0.2) is 38.2 Å². The summed E-state index contributed by atoms with van der Waals surface area (Å²) in [7, 11) is -13.1. The van der Waals surface area contributed by atoms with Crippen LogP contribution in [0.3, 0.4) is 0 Å². The second-order valence-electron chi connectivity index (χ2n) is 5.73. The number of carbonyl (C=O) groups excluding carboxylic acids is 1. The van der Waals surface area contributed by atoms with E-state index in [0.29, 0.717) is 6.07 Å². The fraction of sp³-hybridized carbons (Fsp3) is 0.143. The number of rotatable bonds is 8. The van der Waals surface area contributed by atoms with Gasteiger partial charge in [-0.2, -0.15) is 8.42 Å². The van der Waals surface area contributed by atoms with Crippen molar-refractivity contribution < 1.29 is 50.2 Å². The summed E-state index contributed by atoms with van der Waals surface area (Å²) in [4.78, 5) is 31.6. The molecule has 1 heterocycles. The molecule has 0 aliphatic carbocycles. The third-order valence-corrected chi connectivity index (χ3v) is 5.72. The van der Waals surface area contributed by atoms with E-state index in [9.17, 15) is 31.3 Å². The van der Waals surface area contributed by atoms with Gasteiger partial charge in [-0.1, -0.05) is 0 Å². The van der Waals surface area contributed by atoms with Gasteiger partial charge in [0, 0.05) is 5.56 Å². The van der Waals surface area contributed by atoms with Gasteiger partial charge in [-0.05, 0) is 25.1 Å². The molecule has 0 amide bonds. The normalized spacial score (nSPS) is 12.5. The first kappa shape index (κ1) is 24.7. The number of aromatic hydroxyl groups is 1. The molecule has 0 spiro atoms. The van der Waals surface area contributed by atoms with E-state index >= 15 is 0 Å². The maximum Gasteiger partial charge on any atom is 0.469 e. The van der Waals surface area contributed by atoms with Gasteiger partial charge in [0.25, 0.3) is 10.1 Å². The van der Waals surface area contributed by atoms with Crippen molar-refractivity contribution in [3.63, 3.8) is 0 Å². The highest BCUT2D eigenvalue weighted by atomic mass is 32.2. The molecule has 14 nitrogen and oxygen atoms in total. The lowest BCUT2D eigenvalue weighted by Gasteiger charge is -2.12. The van der Waals surface area contributed by atoms with Crippen molar-refractivity contribution in [1.29, 1.82) is 0 Å². The quantitative estimate of drug-likeness (QED) is 0.114. The van der Waals surface area contributed by atoms with E-state index in [-0.39, 0.29) is 23.2 Å². The summed E-state index contributed by atoms with van der Waals surface area (Å²) in [5.74, 6) is -1.03. The number of benzene rings is 1. The number of phosphoric ester groups is 1. The topological polar surface area (TPSA) is 230 Å². The molecule has 168 valence electrons. The van der Waals surface area contributed by atoms with Crippen LogP contribution in [0.4, 0.5) is 11.5 Å². The Hall–Kier alpha value is -2.59. The van der Waals surface area contributed by atoms with Gasteiger partial charge < -0.3 is 14.9 Å². The van der Waals surface area contributed by atoms with Crippen molar-refractivity contribution in [3.05, 3.63) is 35.0 Å². The second kappa shape index (κ2) is 9.27. The van der Waals surface area contributed by atoms with Crippen molar-refractivity contribution >= 4 is 46.4 Å². The molecule has 1 aromatic heterocycles. The third kappa shape index (κ3) is 6.20. The zero-order valence-electron chi connectivity index (χ0n) is 15.3. The molecular weight excluding hydrogens is 481 g/mol. The minimum atomic E-state index is -4.99. The van der Waals surface area contributed by atoms with Crippen LogP contribution >= 0.6 is 7.82 Å². The summed E-state index contributed by atoms with van der Waals surface area (Å²) >= 11 is 0. The van der Waals surface area contributed by atoms with E-state index in [4.69, 9.17) is 14.3 Å². The lowest BCUT2D eigenvalue weighted by Crippen LogP contribution is -2.01. The number of hydrogen-bond acceptors (Lipinski definition) is 11. The molecule has 1 aromatic carbocycles. The van der Waals surface area contributed by atoms with Crippen molar-refractivity contribution in [2.45, 2.75) is 23.3 Å². The molecule has 0 aliphatic rings. The SMILES string of the molecule is Cc1nc(/N=N/c2ccc(S(=O)(=O)O)cc2[SH](=O)=O)c(COP(=O)(O)O)c(C=O)c1O.